The molecule has 2 aromatic rings. The molecule has 1 heterocycles. The van der Waals surface area contributed by atoms with Crippen LogP contribution >= 0.6 is 0 Å². The summed E-state index contributed by atoms with van der Waals surface area (Å²) in [5.74, 6) is 0.962. The summed E-state index contributed by atoms with van der Waals surface area (Å²) in [4.78, 5) is 4.05. The molecular weight excluding hydrogens is 249 g/mol. The number of nitrogens with zero attached hydrogens (tertiary/aromatic N) is 2. The van der Waals surface area contributed by atoms with Crippen molar-refractivity contribution < 1.29 is 32.7 Å². The Balaban J connectivity index is 0.000000980. The molecule has 0 saturated carbocycles. The quantitative estimate of drug-likeness (QED) is 0.719. The normalized spacial score (nSPS) is 9.57. The smallest absolute Gasteiger partial charge is 0.0285 e. The van der Waals surface area contributed by atoms with Gasteiger partial charge in [-0.1, -0.05) is 30.8 Å². The number of aromatic nitrogens is 2. The summed E-state index contributed by atoms with van der Waals surface area (Å²) in [5, 5.41) is 0. The third-order valence-corrected chi connectivity index (χ3v) is 2.07. The summed E-state index contributed by atoms with van der Waals surface area (Å²) in [6.45, 7) is 4.05. The van der Waals surface area contributed by atoms with Crippen molar-refractivity contribution in [3.05, 3.63) is 48.0 Å². The fourth-order valence-corrected chi connectivity index (χ4v) is 1.29. The van der Waals surface area contributed by atoms with Gasteiger partial charge in [0.2, 0.25) is 0 Å². The van der Waals surface area contributed by atoms with Crippen LogP contribution in [-0.4, -0.2) is 9.55 Å². The van der Waals surface area contributed by atoms with Crippen LogP contribution in [0.15, 0.2) is 30.5 Å². The number of imidazole rings is 1. The second-order valence-corrected chi connectivity index (χ2v) is 3.12. The molecule has 0 aliphatic carbocycles. The van der Waals surface area contributed by atoms with Crippen LogP contribution < -0.4 is 0 Å². The van der Waals surface area contributed by atoms with Crippen LogP contribution in [0, 0.1) is 20.0 Å². The van der Waals surface area contributed by atoms with E-state index in [4.69, 9.17) is 0 Å². The van der Waals surface area contributed by atoms with Gasteiger partial charge in [0.15, 0.2) is 0 Å². The van der Waals surface area contributed by atoms with E-state index in [1.807, 2.05) is 17.7 Å². The second kappa shape index (κ2) is 4.85. The molecule has 0 amide bonds. The molecular formula is C11H11N2Y-. The molecule has 0 saturated heterocycles. The minimum atomic E-state index is 0. The van der Waals surface area contributed by atoms with Crippen molar-refractivity contribution in [2.75, 3.05) is 0 Å². The predicted molar refractivity (Wildman–Crippen MR) is 51.9 cm³/mol. The zero-order valence-electron chi connectivity index (χ0n) is 8.36. The van der Waals surface area contributed by atoms with Crippen LogP contribution in [0.3, 0.4) is 0 Å². The van der Waals surface area contributed by atoms with E-state index in [-0.39, 0.29) is 32.7 Å². The molecule has 1 aromatic heterocycles. The Morgan fingerprint density at radius 2 is 1.79 bits per heavy atom. The van der Waals surface area contributed by atoms with Crippen LogP contribution in [0.1, 0.15) is 11.4 Å². The first kappa shape index (κ1) is 11.6. The van der Waals surface area contributed by atoms with Gasteiger partial charge in [-0.2, -0.15) is 0 Å². The van der Waals surface area contributed by atoms with Gasteiger partial charge in [0.1, 0.15) is 0 Å². The molecule has 69 valence electrons. The Labute approximate surface area is 109 Å². The summed E-state index contributed by atoms with van der Waals surface area (Å²) in [6.07, 6.45) is 4.67. The van der Waals surface area contributed by atoms with E-state index in [0.717, 1.165) is 11.5 Å². The standard InChI is InChI=1S/C11H11N2.Y/c1-9-3-5-11(6-4-9)13-8-7-12-10(13)2;/h3-6,8H,1-2H3;/q-1;. The molecule has 1 aromatic carbocycles. The summed E-state index contributed by atoms with van der Waals surface area (Å²) in [5.41, 5.74) is 2.40. The number of rotatable bonds is 1. The fourth-order valence-electron chi connectivity index (χ4n) is 1.29. The topological polar surface area (TPSA) is 17.8 Å². The van der Waals surface area contributed by atoms with Gasteiger partial charge < -0.3 is 9.55 Å². The molecule has 0 unspecified atom stereocenters. The molecule has 2 nitrogen and oxygen atoms in total. The van der Waals surface area contributed by atoms with Gasteiger partial charge in [-0.15, -0.1) is 6.20 Å². The predicted octanol–water partition coefficient (Wildman–Crippen LogP) is 2.29. The zero-order chi connectivity index (χ0) is 9.26. The molecule has 0 aliphatic rings. The van der Waals surface area contributed by atoms with Crippen molar-refractivity contribution in [2.24, 2.45) is 0 Å². The van der Waals surface area contributed by atoms with Crippen molar-refractivity contribution in [3.63, 3.8) is 0 Å². The third kappa shape index (κ3) is 2.31. The van der Waals surface area contributed by atoms with E-state index in [2.05, 4.69) is 42.4 Å². The second-order valence-electron chi connectivity index (χ2n) is 3.12. The Hall–Kier alpha value is -0.466. The monoisotopic (exact) mass is 260 g/mol. The largest absolute Gasteiger partial charge is 0.439 e. The van der Waals surface area contributed by atoms with Crippen molar-refractivity contribution in [3.8, 4) is 5.69 Å². The summed E-state index contributed by atoms with van der Waals surface area (Å²) in [6, 6.07) is 8.35. The average Bonchev–Trinajstić information content (AvgIpc) is 2.53. The molecule has 3 heteroatoms. The Morgan fingerprint density at radius 3 is 2.29 bits per heavy atom. The van der Waals surface area contributed by atoms with Crippen molar-refractivity contribution in [1.82, 2.24) is 9.55 Å². The maximum Gasteiger partial charge on any atom is 0.0285 e. The number of benzene rings is 1. The van der Waals surface area contributed by atoms with Crippen LogP contribution in [0.4, 0.5) is 0 Å². The van der Waals surface area contributed by atoms with Crippen LogP contribution in [0.2, 0.25) is 0 Å². The van der Waals surface area contributed by atoms with Gasteiger partial charge in [-0.25, -0.2) is 0 Å². The van der Waals surface area contributed by atoms with E-state index in [9.17, 15) is 0 Å². The van der Waals surface area contributed by atoms with Gasteiger partial charge >= 0.3 is 0 Å². The Morgan fingerprint density at radius 1 is 1.14 bits per heavy atom. The first-order valence-corrected chi connectivity index (χ1v) is 4.26. The van der Waals surface area contributed by atoms with Gasteiger partial charge in [0.05, 0.1) is 0 Å². The molecule has 0 aliphatic heterocycles. The minimum Gasteiger partial charge on any atom is -0.439 e. The Kier molecular flexibility index (Phi) is 4.02. The first-order valence-electron chi connectivity index (χ1n) is 4.26. The van der Waals surface area contributed by atoms with Gasteiger partial charge in [0, 0.05) is 38.4 Å². The number of hydrogen-bond acceptors (Lipinski definition) is 1. The number of hydrogen-bond donors (Lipinski definition) is 0. The molecule has 0 spiro atoms. The number of aryl methyl sites for hydroxylation is 2. The molecule has 0 bridgehead atoms. The van der Waals surface area contributed by atoms with Gasteiger partial charge in [-0.3, -0.25) is 0 Å². The van der Waals surface area contributed by atoms with E-state index in [1.165, 1.54) is 5.56 Å². The maximum absolute atomic E-state index is 4.05. The van der Waals surface area contributed by atoms with E-state index in [1.54, 1.807) is 0 Å². The molecule has 0 N–H and O–H groups in total. The van der Waals surface area contributed by atoms with Crippen molar-refractivity contribution in [2.45, 2.75) is 13.8 Å². The van der Waals surface area contributed by atoms with E-state index < -0.39 is 0 Å². The summed E-state index contributed by atoms with van der Waals surface area (Å²) < 4.78 is 2.01. The average molecular weight is 260 g/mol. The fraction of sp³-hybridized carbons (Fsp3) is 0.182. The van der Waals surface area contributed by atoms with Crippen molar-refractivity contribution in [1.29, 1.82) is 0 Å². The molecule has 0 fully saturated rings. The maximum atomic E-state index is 4.05. The third-order valence-electron chi connectivity index (χ3n) is 2.07. The summed E-state index contributed by atoms with van der Waals surface area (Å²) in [7, 11) is 0. The summed E-state index contributed by atoms with van der Waals surface area (Å²) >= 11 is 0. The zero-order valence-corrected chi connectivity index (χ0v) is 11.2. The van der Waals surface area contributed by atoms with Crippen LogP contribution in [-0.2, 0) is 32.7 Å². The molecule has 1 radical (unpaired) electrons. The van der Waals surface area contributed by atoms with Crippen molar-refractivity contribution >= 4 is 0 Å². The molecule has 14 heavy (non-hydrogen) atoms. The SMILES string of the molecule is Cc1ccc(-n2c[c-]nc2C)cc1.[Y]. The minimum absolute atomic E-state index is 0. The molecule has 2 rings (SSSR count). The van der Waals surface area contributed by atoms with E-state index in [0.29, 0.717) is 0 Å². The Bertz CT molecular complexity index is 403. The van der Waals surface area contributed by atoms with Crippen LogP contribution in [0.25, 0.3) is 5.69 Å². The van der Waals surface area contributed by atoms with Crippen LogP contribution in [0.5, 0.6) is 0 Å². The van der Waals surface area contributed by atoms with E-state index >= 15 is 0 Å². The first-order chi connectivity index (χ1) is 6.27. The van der Waals surface area contributed by atoms with Gasteiger partial charge in [-0.05, 0) is 24.9 Å². The molecule has 0 atom stereocenters. The van der Waals surface area contributed by atoms with Gasteiger partial charge in [0.25, 0.3) is 0 Å².